The molecular weight excluding hydrogens is 288 g/mol. The molecule has 21 heavy (non-hydrogen) atoms. The van der Waals surface area contributed by atoms with Crippen molar-refractivity contribution < 1.29 is 14.7 Å². The van der Waals surface area contributed by atoms with Crippen LogP contribution in [0.3, 0.4) is 0 Å². The Kier molecular flexibility index (Phi) is 5.08. The van der Waals surface area contributed by atoms with E-state index < -0.39 is 5.91 Å². The van der Waals surface area contributed by atoms with Crippen molar-refractivity contribution in [2.24, 2.45) is 5.73 Å². The minimum Gasteiger partial charge on any atom is -0.395 e. The van der Waals surface area contributed by atoms with Gasteiger partial charge in [0.05, 0.1) is 17.0 Å². The number of nitrogens with two attached hydrogens (primary N) is 1. The van der Waals surface area contributed by atoms with Gasteiger partial charge in [-0.1, -0.05) is 30.3 Å². The highest BCUT2D eigenvalue weighted by Crippen LogP contribution is 2.18. The van der Waals surface area contributed by atoms with Crippen LogP contribution in [0.4, 0.5) is 0 Å². The summed E-state index contributed by atoms with van der Waals surface area (Å²) in [4.78, 5) is 25.5. The average molecular weight is 304 g/mol. The van der Waals surface area contributed by atoms with Crippen molar-refractivity contribution in [3.63, 3.8) is 0 Å². The minimum absolute atomic E-state index is 0.118. The summed E-state index contributed by atoms with van der Waals surface area (Å²) < 4.78 is 0. The molecule has 0 saturated carbocycles. The zero-order valence-electron chi connectivity index (χ0n) is 11.4. The average Bonchev–Trinajstić information content (AvgIpc) is 2.97. The van der Waals surface area contributed by atoms with Crippen molar-refractivity contribution in [1.82, 2.24) is 4.90 Å². The fraction of sp³-hybridized carbons (Fsp3) is 0.200. The maximum absolute atomic E-state index is 12.4. The van der Waals surface area contributed by atoms with Crippen LogP contribution in [0.1, 0.15) is 25.6 Å². The fourth-order valence-corrected chi connectivity index (χ4v) is 2.77. The Morgan fingerprint density at radius 3 is 2.52 bits per heavy atom. The zero-order chi connectivity index (χ0) is 15.2. The molecule has 1 heterocycles. The number of hydrogen-bond acceptors (Lipinski definition) is 4. The van der Waals surface area contributed by atoms with Crippen molar-refractivity contribution >= 4 is 23.2 Å². The van der Waals surface area contributed by atoms with Gasteiger partial charge in [-0.2, -0.15) is 0 Å². The number of thiophene rings is 1. The summed E-state index contributed by atoms with van der Waals surface area (Å²) in [5, 5.41) is 10.7. The molecule has 0 unspecified atom stereocenters. The van der Waals surface area contributed by atoms with E-state index in [4.69, 9.17) is 10.8 Å². The number of aliphatic hydroxyl groups is 1. The Hall–Kier alpha value is -2.18. The van der Waals surface area contributed by atoms with E-state index in [0.29, 0.717) is 17.0 Å². The second-order valence-corrected chi connectivity index (χ2v) is 5.41. The number of hydrogen-bond donors (Lipinski definition) is 2. The molecule has 2 amide bonds. The number of primary amides is 1. The first kappa shape index (κ1) is 15.2. The molecule has 1 aromatic heterocycles. The first-order valence-electron chi connectivity index (χ1n) is 6.44. The molecule has 0 bridgehead atoms. The quantitative estimate of drug-likeness (QED) is 0.848. The van der Waals surface area contributed by atoms with Crippen molar-refractivity contribution in [1.29, 1.82) is 0 Å². The second kappa shape index (κ2) is 7.01. The largest absolute Gasteiger partial charge is 0.395 e. The van der Waals surface area contributed by atoms with Crippen LogP contribution in [-0.4, -0.2) is 35.0 Å². The third-order valence-corrected chi connectivity index (χ3v) is 3.89. The van der Waals surface area contributed by atoms with Crippen molar-refractivity contribution in [2.75, 3.05) is 13.2 Å². The van der Waals surface area contributed by atoms with Gasteiger partial charge in [-0.25, -0.2) is 0 Å². The third kappa shape index (κ3) is 3.90. The minimum atomic E-state index is -0.554. The molecule has 0 atom stereocenters. The highest BCUT2D eigenvalue weighted by Gasteiger charge is 2.18. The monoisotopic (exact) mass is 304 g/mol. The molecule has 0 radical (unpaired) electrons. The molecule has 0 aliphatic carbocycles. The molecule has 0 aliphatic heterocycles. The molecule has 6 heteroatoms. The van der Waals surface area contributed by atoms with Crippen LogP contribution < -0.4 is 5.73 Å². The maximum atomic E-state index is 12.4. The van der Waals surface area contributed by atoms with E-state index in [0.717, 1.165) is 5.56 Å². The molecule has 0 aliphatic rings. The summed E-state index contributed by atoms with van der Waals surface area (Å²) in [5.74, 6) is -0.771. The van der Waals surface area contributed by atoms with Gasteiger partial charge in [-0.05, 0) is 11.6 Å². The predicted molar refractivity (Wildman–Crippen MR) is 81.1 cm³/mol. The van der Waals surface area contributed by atoms with Gasteiger partial charge >= 0.3 is 0 Å². The lowest BCUT2D eigenvalue weighted by Gasteiger charge is -2.21. The van der Waals surface area contributed by atoms with Gasteiger partial charge in [-0.3, -0.25) is 9.59 Å². The molecule has 1 aromatic carbocycles. The van der Waals surface area contributed by atoms with E-state index >= 15 is 0 Å². The van der Waals surface area contributed by atoms with Gasteiger partial charge in [-0.15, -0.1) is 11.3 Å². The van der Waals surface area contributed by atoms with Gasteiger partial charge in [0, 0.05) is 18.5 Å². The molecule has 0 fully saturated rings. The SMILES string of the molecule is NC(=O)c1csc(C(=O)N(CCO)Cc2ccccc2)c1. The molecule has 3 N–H and O–H groups in total. The summed E-state index contributed by atoms with van der Waals surface area (Å²) in [7, 11) is 0. The van der Waals surface area contributed by atoms with Crippen LogP contribution in [0.25, 0.3) is 0 Å². The second-order valence-electron chi connectivity index (χ2n) is 4.50. The number of benzene rings is 1. The topological polar surface area (TPSA) is 83.6 Å². The summed E-state index contributed by atoms with van der Waals surface area (Å²) in [6, 6.07) is 11.0. The van der Waals surface area contributed by atoms with Crippen LogP contribution in [0, 0.1) is 0 Å². The Morgan fingerprint density at radius 1 is 1.24 bits per heavy atom. The zero-order valence-corrected chi connectivity index (χ0v) is 12.2. The van der Waals surface area contributed by atoms with E-state index in [1.54, 1.807) is 10.3 Å². The fourth-order valence-electron chi connectivity index (χ4n) is 1.91. The van der Waals surface area contributed by atoms with Crippen LogP contribution in [0.5, 0.6) is 0 Å². The summed E-state index contributed by atoms with van der Waals surface area (Å²) in [6.45, 7) is 0.522. The summed E-state index contributed by atoms with van der Waals surface area (Å²) in [6.07, 6.45) is 0. The lowest BCUT2D eigenvalue weighted by atomic mass is 10.2. The van der Waals surface area contributed by atoms with Crippen LogP contribution in [0.15, 0.2) is 41.8 Å². The lowest BCUT2D eigenvalue weighted by molar-refractivity contribution is 0.0712. The van der Waals surface area contributed by atoms with Crippen molar-refractivity contribution in [3.8, 4) is 0 Å². The normalized spacial score (nSPS) is 10.3. The lowest BCUT2D eigenvalue weighted by Crippen LogP contribution is -2.32. The maximum Gasteiger partial charge on any atom is 0.264 e. The van der Waals surface area contributed by atoms with Gasteiger partial charge in [0.2, 0.25) is 5.91 Å². The van der Waals surface area contributed by atoms with Gasteiger partial charge < -0.3 is 15.7 Å². The molecule has 0 saturated heterocycles. The molecule has 5 nitrogen and oxygen atoms in total. The predicted octanol–water partition coefficient (Wildman–Crippen LogP) is 1.48. The highest BCUT2D eigenvalue weighted by molar-refractivity contribution is 7.12. The van der Waals surface area contributed by atoms with Gasteiger partial charge in [0.1, 0.15) is 0 Å². The third-order valence-electron chi connectivity index (χ3n) is 2.97. The standard InChI is InChI=1S/C15H16N2O3S/c16-14(19)12-8-13(21-10-12)15(20)17(6-7-18)9-11-4-2-1-3-5-11/h1-5,8,10,18H,6-7,9H2,(H2,16,19). The van der Waals surface area contributed by atoms with Gasteiger partial charge in [0.25, 0.3) is 5.91 Å². The number of nitrogens with zero attached hydrogens (tertiary/aromatic N) is 1. The van der Waals surface area contributed by atoms with Crippen LogP contribution in [-0.2, 0) is 6.54 Å². The Bertz CT molecular complexity index is 625. The summed E-state index contributed by atoms with van der Waals surface area (Å²) >= 11 is 1.18. The molecular formula is C15H16N2O3S. The van der Waals surface area contributed by atoms with E-state index in [9.17, 15) is 9.59 Å². The number of rotatable bonds is 6. The molecule has 2 aromatic rings. The first-order chi connectivity index (χ1) is 10.1. The Balaban J connectivity index is 2.16. The molecule has 2 rings (SSSR count). The van der Waals surface area contributed by atoms with Gasteiger partial charge in [0.15, 0.2) is 0 Å². The van der Waals surface area contributed by atoms with E-state index in [2.05, 4.69) is 0 Å². The first-order valence-corrected chi connectivity index (χ1v) is 7.32. The highest BCUT2D eigenvalue weighted by atomic mass is 32.1. The Labute approximate surface area is 126 Å². The number of aliphatic hydroxyl groups excluding tert-OH is 1. The molecule has 0 spiro atoms. The smallest absolute Gasteiger partial charge is 0.264 e. The van der Waals surface area contributed by atoms with Crippen molar-refractivity contribution in [2.45, 2.75) is 6.54 Å². The number of carbonyl (C=O) groups excluding carboxylic acids is 2. The van der Waals surface area contributed by atoms with Crippen LogP contribution >= 0.6 is 11.3 Å². The van der Waals surface area contributed by atoms with E-state index in [1.807, 2.05) is 30.3 Å². The van der Waals surface area contributed by atoms with E-state index in [1.165, 1.54) is 17.4 Å². The Morgan fingerprint density at radius 2 is 1.95 bits per heavy atom. The summed E-state index contributed by atoms with van der Waals surface area (Å²) in [5.41, 5.74) is 6.49. The number of carbonyl (C=O) groups is 2. The number of amides is 2. The van der Waals surface area contributed by atoms with Crippen LogP contribution in [0.2, 0.25) is 0 Å². The van der Waals surface area contributed by atoms with Crippen molar-refractivity contribution in [3.05, 3.63) is 57.8 Å². The van der Waals surface area contributed by atoms with E-state index in [-0.39, 0.29) is 19.1 Å². The molecule has 110 valence electrons.